The number of hydrogen-bond donors (Lipinski definition) is 2. The quantitative estimate of drug-likeness (QED) is 0.686. The number of carbonyl (C=O) groups is 2. The number of ether oxygens (including phenoxy) is 2. The first-order valence-corrected chi connectivity index (χ1v) is 5.48. The van der Waals surface area contributed by atoms with E-state index in [0.717, 1.165) is 0 Å². The molecule has 3 fully saturated rings. The van der Waals surface area contributed by atoms with Crippen LogP contribution < -0.4 is 5.32 Å². The minimum Gasteiger partial charge on any atom is -0.479 e. The third-order valence-corrected chi connectivity index (χ3v) is 3.20. The van der Waals surface area contributed by atoms with E-state index in [-0.39, 0.29) is 12.5 Å². The Morgan fingerprint density at radius 2 is 2.29 bits per heavy atom. The van der Waals surface area contributed by atoms with E-state index >= 15 is 0 Å². The molecule has 2 N–H and O–H groups in total. The van der Waals surface area contributed by atoms with Gasteiger partial charge in [-0.15, -0.1) is 0 Å². The van der Waals surface area contributed by atoms with Crippen molar-refractivity contribution < 1.29 is 24.2 Å². The van der Waals surface area contributed by atoms with Gasteiger partial charge in [0.25, 0.3) is 0 Å². The largest absolute Gasteiger partial charge is 0.479 e. The van der Waals surface area contributed by atoms with E-state index < -0.39 is 23.8 Å². The van der Waals surface area contributed by atoms with Crippen LogP contribution in [0.25, 0.3) is 0 Å². The monoisotopic (exact) mass is 241 g/mol. The molecule has 0 aromatic heterocycles. The molecule has 0 aromatic rings. The van der Waals surface area contributed by atoms with Gasteiger partial charge < -0.3 is 19.9 Å². The van der Waals surface area contributed by atoms with Gasteiger partial charge in [-0.2, -0.15) is 0 Å². The Kier molecular flexibility index (Phi) is 3.06. The van der Waals surface area contributed by atoms with Crippen LogP contribution in [-0.4, -0.2) is 42.0 Å². The summed E-state index contributed by atoms with van der Waals surface area (Å²) in [5, 5.41) is 11.4. The Morgan fingerprint density at radius 3 is 2.82 bits per heavy atom. The Labute approximate surface area is 98.6 Å². The highest BCUT2D eigenvalue weighted by Crippen LogP contribution is 2.51. The summed E-state index contributed by atoms with van der Waals surface area (Å²) in [6.45, 7) is 3.87. The minimum absolute atomic E-state index is 0.0819. The van der Waals surface area contributed by atoms with Gasteiger partial charge in [0, 0.05) is 12.5 Å². The summed E-state index contributed by atoms with van der Waals surface area (Å²) in [5.41, 5.74) is -0.499. The van der Waals surface area contributed by atoms with Gasteiger partial charge >= 0.3 is 12.1 Å². The van der Waals surface area contributed by atoms with Crippen LogP contribution >= 0.6 is 0 Å². The first-order chi connectivity index (χ1) is 8.06. The summed E-state index contributed by atoms with van der Waals surface area (Å²) in [7, 11) is 0. The number of aliphatic carboxylic acids is 1. The molecular formula is C11H15NO5. The molecule has 1 saturated carbocycles. The number of hydrogen-bond acceptors (Lipinski definition) is 4. The van der Waals surface area contributed by atoms with Crippen LogP contribution in [0.5, 0.6) is 0 Å². The van der Waals surface area contributed by atoms with Crippen LogP contribution in [0.1, 0.15) is 12.8 Å². The maximum atomic E-state index is 11.2. The molecule has 1 amide bonds. The maximum absolute atomic E-state index is 11.2. The summed E-state index contributed by atoms with van der Waals surface area (Å²) < 4.78 is 10.2. The Balaban J connectivity index is 1.76. The van der Waals surface area contributed by atoms with E-state index in [0.29, 0.717) is 19.4 Å². The van der Waals surface area contributed by atoms with Crippen molar-refractivity contribution in [1.82, 2.24) is 5.32 Å². The van der Waals surface area contributed by atoms with Gasteiger partial charge in [-0.3, -0.25) is 0 Å². The fourth-order valence-corrected chi connectivity index (χ4v) is 2.43. The lowest BCUT2D eigenvalue weighted by Gasteiger charge is -2.35. The lowest BCUT2D eigenvalue weighted by atomic mass is 9.72. The fraction of sp³-hybridized carbons (Fsp3) is 0.636. The number of amides is 1. The van der Waals surface area contributed by atoms with E-state index in [4.69, 9.17) is 14.6 Å². The van der Waals surface area contributed by atoms with Gasteiger partial charge in [0.2, 0.25) is 0 Å². The third-order valence-electron chi connectivity index (χ3n) is 3.20. The zero-order chi connectivity index (χ0) is 12.5. The van der Waals surface area contributed by atoms with Crippen LogP contribution in [-0.2, 0) is 14.3 Å². The van der Waals surface area contributed by atoms with Crippen molar-refractivity contribution in [1.29, 1.82) is 0 Å². The van der Waals surface area contributed by atoms with Crippen LogP contribution in [0.4, 0.5) is 4.79 Å². The molecule has 3 rings (SSSR count). The zero-order valence-electron chi connectivity index (χ0n) is 9.35. The van der Waals surface area contributed by atoms with Gasteiger partial charge in [-0.1, -0.05) is 12.7 Å². The van der Waals surface area contributed by atoms with Crippen molar-refractivity contribution in [3.63, 3.8) is 0 Å². The molecule has 2 aliphatic heterocycles. The molecule has 6 heteroatoms. The molecule has 2 bridgehead atoms. The highest BCUT2D eigenvalue weighted by molar-refractivity contribution is 5.74. The molecule has 1 atom stereocenters. The van der Waals surface area contributed by atoms with Gasteiger partial charge in [0.15, 0.2) is 6.10 Å². The first kappa shape index (κ1) is 11.9. The van der Waals surface area contributed by atoms with Crippen LogP contribution in [0.3, 0.4) is 0 Å². The second-order valence-corrected chi connectivity index (χ2v) is 4.47. The summed E-state index contributed by atoms with van der Waals surface area (Å²) in [6, 6.07) is 0. The summed E-state index contributed by atoms with van der Waals surface area (Å²) in [6.07, 6.45) is 1.59. The molecule has 2 saturated heterocycles. The Bertz CT molecular complexity index is 348. The summed E-state index contributed by atoms with van der Waals surface area (Å²) in [5.74, 6) is -0.845. The van der Waals surface area contributed by atoms with E-state index in [1.807, 2.05) is 0 Å². The van der Waals surface area contributed by atoms with Gasteiger partial charge in [-0.25, -0.2) is 9.59 Å². The predicted molar refractivity (Wildman–Crippen MR) is 57.5 cm³/mol. The lowest BCUT2D eigenvalue weighted by Crippen LogP contribution is -2.47. The van der Waals surface area contributed by atoms with Gasteiger partial charge in [0.1, 0.15) is 6.61 Å². The molecule has 1 unspecified atom stereocenters. The molecular weight excluding hydrogens is 226 g/mol. The Hall–Kier alpha value is -1.56. The molecule has 0 aromatic carbocycles. The molecule has 1 aliphatic carbocycles. The molecule has 17 heavy (non-hydrogen) atoms. The first-order valence-electron chi connectivity index (χ1n) is 5.48. The third kappa shape index (κ3) is 2.26. The van der Waals surface area contributed by atoms with E-state index in [9.17, 15) is 9.59 Å². The number of carboxylic acid groups (broad SMARTS) is 1. The van der Waals surface area contributed by atoms with Crippen molar-refractivity contribution >= 4 is 12.1 Å². The maximum Gasteiger partial charge on any atom is 0.407 e. The van der Waals surface area contributed by atoms with Crippen molar-refractivity contribution in [2.75, 3.05) is 13.2 Å². The highest BCUT2D eigenvalue weighted by atomic mass is 16.6. The second-order valence-electron chi connectivity index (χ2n) is 4.47. The number of carbonyl (C=O) groups excluding carboxylic acids is 1. The zero-order valence-corrected chi connectivity index (χ0v) is 9.35. The highest BCUT2D eigenvalue weighted by Gasteiger charge is 2.60. The molecule has 0 spiro atoms. The summed E-state index contributed by atoms with van der Waals surface area (Å²) in [4.78, 5) is 22.0. The van der Waals surface area contributed by atoms with Crippen LogP contribution in [0, 0.1) is 5.92 Å². The topological polar surface area (TPSA) is 84.9 Å². The van der Waals surface area contributed by atoms with Crippen LogP contribution in [0.15, 0.2) is 12.7 Å². The second kappa shape index (κ2) is 4.37. The van der Waals surface area contributed by atoms with Gasteiger partial charge in [-0.05, 0) is 12.8 Å². The van der Waals surface area contributed by atoms with Crippen LogP contribution in [0.2, 0.25) is 0 Å². The number of alkyl carbamates (subject to hydrolysis) is 1. The van der Waals surface area contributed by atoms with E-state index in [1.54, 1.807) is 0 Å². The molecule has 2 heterocycles. The SMILES string of the molecule is C=CCOC(=O)NCC12CC(C1)C(C(=O)O)O2. The van der Waals surface area contributed by atoms with Crippen molar-refractivity contribution in [3.8, 4) is 0 Å². The van der Waals surface area contributed by atoms with E-state index in [1.165, 1.54) is 6.08 Å². The lowest BCUT2D eigenvalue weighted by molar-refractivity contribution is -0.150. The average molecular weight is 241 g/mol. The van der Waals surface area contributed by atoms with Crippen molar-refractivity contribution in [2.45, 2.75) is 24.5 Å². The number of carboxylic acids is 1. The van der Waals surface area contributed by atoms with Gasteiger partial charge in [0.05, 0.1) is 5.60 Å². The number of rotatable bonds is 5. The summed E-state index contributed by atoms with van der Waals surface area (Å²) >= 11 is 0. The van der Waals surface area contributed by atoms with Crippen molar-refractivity contribution in [2.24, 2.45) is 5.92 Å². The van der Waals surface area contributed by atoms with E-state index in [2.05, 4.69) is 11.9 Å². The molecule has 0 radical (unpaired) electrons. The normalized spacial score (nSPS) is 33.6. The molecule has 94 valence electrons. The molecule has 6 nitrogen and oxygen atoms in total. The molecule has 3 aliphatic rings. The minimum atomic E-state index is -0.927. The smallest absolute Gasteiger partial charge is 0.407 e. The number of nitrogens with one attached hydrogen (secondary N) is 1. The Morgan fingerprint density at radius 1 is 1.59 bits per heavy atom. The average Bonchev–Trinajstić information content (AvgIpc) is 2.78. The standard InChI is InChI=1S/C11H15NO5/c1-2-3-16-10(15)12-6-11-4-7(5-11)8(17-11)9(13)14/h2,7-8H,1,3-6H2,(H,12,15)(H,13,14). The fourth-order valence-electron chi connectivity index (χ4n) is 2.43. The van der Waals surface area contributed by atoms with Crippen molar-refractivity contribution in [3.05, 3.63) is 12.7 Å². The number of fused-ring (bicyclic) bond motifs is 1. The predicted octanol–water partition coefficient (Wildman–Crippen LogP) is 0.531.